The van der Waals surface area contributed by atoms with Crippen molar-refractivity contribution in [2.24, 2.45) is 0 Å². The highest BCUT2D eigenvalue weighted by Gasteiger charge is 2.10. The van der Waals surface area contributed by atoms with Gasteiger partial charge in [0.2, 0.25) is 0 Å². The number of nitrogens with one attached hydrogen (secondary N) is 1. The number of hydrogen-bond acceptors (Lipinski definition) is 4. The SMILES string of the molecule is CCn1ncc(Cn2cc(NC(=O)c3ccc(Cn4nc(C)cc4C)cc3)cn2)c1C. The molecule has 3 heterocycles. The van der Waals surface area contributed by atoms with Crippen molar-refractivity contribution in [1.82, 2.24) is 29.3 Å². The molecule has 0 unspecified atom stereocenters. The fourth-order valence-electron chi connectivity index (χ4n) is 3.62. The van der Waals surface area contributed by atoms with Crippen LogP contribution in [0.4, 0.5) is 5.69 Å². The third kappa shape index (κ3) is 4.58. The lowest BCUT2D eigenvalue weighted by molar-refractivity contribution is 0.102. The van der Waals surface area contributed by atoms with E-state index in [0.717, 1.165) is 34.8 Å². The Morgan fingerprint density at radius 3 is 2.42 bits per heavy atom. The normalized spacial score (nSPS) is 11.1. The fourth-order valence-corrected chi connectivity index (χ4v) is 3.62. The van der Waals surface area contributed by atoms with Crippen LogP contribution < -0.4 is 5.32 Å². The Morgan fingerprint density at radius 1 is 1.00 bits per heavy atom. The molecule has 0 atom stereocenters. The summed E-state index contributed by atoms with van der Waals surface area (Å²) in [6, 6.07) is 9.65. The molecule has 0 saturated heterocycles. The minimum absolute atomic E-state index is 0.160. The Labute approximate surface area is 181 Å². The highest BCUT2D eigenvalue weighted by Crippen LogP contribution is 2.14. The first-order chi connectivity index (χ1) is 14.9. The molecule has 8 heteroatoms. The number of carbonyl (C=O) groups is 1. The Bertz CT molecular complexity index is 1200. The molecular formula is C23H27N7O. The van der Waals surface area contributed by atoms with Crippen molar-refractivity contribution in [2.75, 3.05) is 5.32 Å². The summed E-state index contributed by atoms with van der Waals surface area (Å²) in [5.41, 5.74) is 6.72. The number of aromatic nitrogens is 6. The van der Waals surface area contributed by atoms with E-state index in [1.165, 1.54) is 0 Å². The van der Waals surface area contributed by atoms with Crippen LogP contribution in [-0.4, -0.2) is 35.2 Å². The van der Waals surface area contributed by atoms with E-state index in [4.69, 9.17) is 0 Å². The van der Waals surface area contributed by atoms with Crippen LogP contribution >= 0.6 is 0 Å². The number of hydrogen-bond donors (Lipinski definition) is 1. The van der Waals surface area contributed by atoms with E-state index in [0.29, 0.717) is 24.3 Å². The molecule has 1 amide bonds. The lowest BCUT2D eigenvalue weighted by atomic mass is 10.1. The van der Waals surface area contributed by atoms with E-state index in [1.54, 1.807) is 10.9 Å². The molecule has 0 radical (unpaired) electrons. The quantitative estimate of drug-likeness (QED) is 0.498. The maximum Gasteiger partial charge on any atom is 0.255 e. The van der Waals surface area contributed by atoms with Crippen molar-refractivity contribution in [3.63, 3.8) is 0 Å². The maximum atomic E-state index is 12.6. The number of rotatable bonds is 7. The second-order valence-electron chi connectivity index (χ2n) is 7.73. The molecule has 0 aliphatic rings. The van der Waals surface area contributed by atoms with Gasteiger partial charge in [0, 0.05) is 35.3 Å². The molecular weight excluding hydrogens is 390 g/mol. The maximum absolute atomic E-state index is 12.6. The van der Waals surface area contributed by atoms with Crippen molar-refractivity contribution < 1.29 is 4.79 Å². The molecule has 0 bridgehead atoms. The number of carbonyl (C=O) groups excluding carboxylic acids is 1. The van der Waals surface area contributed by atoms with E-state index in [9.17, 15) is 4.79 Å². The molecule has 0 fully saturated rings. The molecule has 0 spiro atoms. The predicted molar refractivity (Wildman–Crippen MR) is 119 cm³/mol. The molecule has 3 aromatic heterocycles. The van der Waals surface area contributed by atoms with Gasteiger partial charge >= 0.3 is 0 Å². The van der Waals surface area contributed by atoms with Crippen LogP contribution in [0.25, 0.3) is 0 Å². The predicted octanol–water partition coefficient (Wildman–Crippen LogP) is 3.57. The molecule has 4 aromatic rings. The van der Waals surface area contributed by atoms with Crippen LogP contribution in [0.1, 0.15) is 45.5 Å². The van der Waals surface area contributed by atoms with Gasteiger partial charge in [0.05, 0.1) is 36.9 Å². The number of benzene rings is 1. The van der Waals surface area contributed by atoms with Crippen LogP contribution in [-0.2, 0) is 19.6 Å². The van der Waals surface area contributed by atoms with Crippen LogP contribution in [0.15, 0.2) is 48.9 Å². The summed E-state index contributed by atoms with van der Waals surface area (Å²) in [5, 5.41) is 16.1. The minimum atomic E-state index is -0.160. The number of anilines is 1. The van der Waals surface area contributed by atoms with Crippen molar-refractivity contribution in [3.05, 3.63) is 82.7 Å². The third-order valence-electron chi connectivity index (χ3n) is 5.38. The smallest absolute Gasteiger partial charge is 0.255 e. The summed E-state index contributed by atoms with van der Waals surface area (Å²) in [4.78, 5) is 12.6. The van der Waals surface area contributed by atoms with Gasteiger partial charge < -0.3 is 5.32 Å². The second kappa shape index (κ2) is 8.59. The van der Waals surface area contributed by atoms with Crippen LogP contribution in [0, 0.1) is 20.8 Å². The summed E-state index contributed by atoms with van der Waals surface area (Å²) >= 11 is 0. The Kier molecular flexibility index (Phi) is 5.70. The van der Waals surface area contributed by atoms with Crippen molar-refractivity contribution >= 4 is 11.6 Å². The van der Waals surface area contributed by atoms with Crippen molar-refractivity contribution in [1.29, 1.82) is 0 Å². The van der Waals surface area contributed by atoms with Crippen molar-refractivity contribution in [2.45, 2.75) is 47.3 Å². The first-order valence-electron chi connectivity index (χ1n) is 10.4. The first kappa shape index (κ1) is 20.6. The molecule has 0 saturated carbocycles. The van der Waals surface area contributed by atoms with Gasteiger partial charge in [-0.15, -0.1) is 0 Å². The van der Waals surface area contributed by atoms with Gasteiger partial charge in [-0.25, -0.2) is 0 Å². The van der Waals surface area contributed by atoms with E-state index in [2.05, 4.69) is 40.5 Å². The van der Waals surface area contributed by atoms with E-state index < -0.39 is 0 Å². The Hall–Kier alpha value is -3.68. The second-order valence-corrected chi connectivity index (χ2v) is 7.73. The summed E-state index contributed by atoms with van der Waals surface area (Å²) in [6.45, 7) is 10.3. The van der Waals surface area contributed by atoms with Crippen LogP contribution in [0.2, 0.25) is 0 Å². The zero-order valence-corrected chi connectivity index (χ0v) is 18.3. The van der Waals surface area contributed by atoms with Gasteiger partial charge in [-0.1, -0.05) is 12.1 Å². The zero-order valence-electron chi connectivity index (χ0n) is 18.3. The molecule has 4 rings (SSSR count). The summed E-state index contributed by atoms with van der Waals surface area (Å²) in [7, 11) is 0. The largest absolute Gasteiger partial charge is 0.319 e. The molecule has 1 N–H and O–H groups in total. The molecule has 0 aliphatic heterocycles. The van der Waals surface area contributed by atoms with Crippen LogP contribution in [0.5, 0.6) is 0 Å². The highest BCUT2D eigenvalue weighted by molar-refractivity contribution is 6.04. The Morgan fingerprint density at radius 2 is 1.77 bits per heavy atom. The van der Waals surface area contributed by atoms with Gasteiger partial charge in [-0.05, 0) is 51.5 Å². The van der Waals surface area contributed by atoms with E-state index >= 15 is 0 Å². The average molecular weight is 418 g/mol. The molecule has 0 aliphatic carbocycles. The zero-order chi connectivity index (χ0) is 22.0. The van der Waals surface area contributed by atoms with Gasteiger partial charge in [-0.2, -0.15) is 15.3 Å². The molecule has 31 heavy (non-hydrogen) atoms. The molecule has 1 aromatic carbocycles. The summed E-state index contributed by atoms with van der Waals surface area (Å²) in [5.74, 6) is -0.160. The first-order valence-corrected chi connectivity index (χ1v) is 10.4. The minimum Gasteiger partial charge on any atom is -0.319 e. The average Bonchev–Trinajstić information content (AvgIpc) is 3.42. The van der Waals surface area contributed by atoms with Crippen molar-refractivity contribution in [3.8, 4) is 0 Å². The lowest BCUT2D eigenvalue weighted by Crippen LogP contribution is -2.12. The molecule has 8 nitrogen and oxygen atoms in total. The number of nitrogens with zero attached hydrogens (tertiary/aromatic N) is 6. The van der Waals surface area contributed by atoms with Gasteiger partial charge in [0.1, 0.15) is 0 Å². The van der Waals surface area contributed by atoms with E-state index in [1.807, 2.05) is 59.9 Å². The topological polar surface area (TPSA) is 82.6 Å². The number of aryl methyl sites for hydroxylation is 3. The molecule has 160 valence electrons. The fraction of sp³-hybridized carbons (Fsp3) is 0.304. The standard InChI is InChI=1S/C23H27N7O/c1-5-29-18(4)21(11-25-29)14-28-15-22(12-24-28)26-23(31)20-8-6-19(7-9-20)13-30-17(3)10-16(2)27-30/h6-12,15H,5,13-14H2,1-4H3,(H,26,31). The van der Waals surface area contributed by atoms with E-state index in [-0.39, 0.29) is 5.91 Å². The van der Waals surface area contributed by atoms with Gasteiger partial charge in [0.15, 0.2) is 0 Å². The summed E-state index contributed by atoms with van der Waals surface area (Å²) < 4.78 is 5.72. The summed E-state index contributed by atoms with van der Waals surface area (Å²) in [6.07, 6.45) is 5.36. The Balaban J connectivity index is 1.38. The lowest BCUT2D eigenvalue weighted by Gasteiger charge is -2.07. The number of amides is 1. The monoisotopic (exact) mass is 417 g/mol. The van der Waals surface area contributed by atoms with Gasteiger partial charge in [0.25, 0.3) is 5.91 Å². The van der Waals surface area contributed by atoms with Crippen LogP contribution in [0.3, 0.4) is 0 Å². The third-order valence-corrected chi connectivity index (χ3v) is 5.38. The van der Waals surface area contributed by atoms with Gasteiger partial charge in [-0.3, -0.25) is 18.8 Å². The highest BCUT2D eigenvalue weighted by atomic mass is 16.1.